The molecule has 0 unspecified atom stereocenters. The van der Waals surface area contributed by atoms with Crippen LogP contribution in [0.3, 0.4) is 0 Å². The number of nitrogens with zero attached hydrogens (tertiary/aromatic N) is 5. The fourth-order valence-corrected chi connectivity index (χ4v) is 3.96. The molecule has 0 bridgehead atoms. The van der Waals surface area contributed by atoms with Crippen molar-refractivity contribution in [2.75, 3.05) is 0 Å². The molecule has 1 aromatic carbocycles. The predicted octanol–water partition coefficient (Wildman–Crippen LogP) is 3.88. The Hall–Kier alpha value is -3.43. The van der Waals surface area contributed by atoms with Crippen LogP contribution >= 0.6 is 11.3 Å². The van der Waals surface area contributed by atoms with E-state index in [0.717, 1.165) is 16.3 Å². The number of aromatic nitrogens is 5. The third kappa shape index (κ3) is 4.84. The van der Waals surface area contributed by atoms with Crippen LogP contribution in [0.1, 0.15) is 41.8 Å². The minimum Gasteiger partial charge on any atom is -0.471 e. The molecule has 4 rings (SSSR count). The lowest BCUT2D eigenvalue weighted by Crippen LogP contribution is -2.25. The molecule has 0 fully saturated rings. The van der Waals surface area contributed by atoms with Gasteiger partial charge in [0.2, 0.25) is 5.88 Å². The Morgan fingerprint density at radius 2 is 1.91 bits per heavy atom. The lowest BCUT2D eigenvalue weighted by atomic mass is 10.1. The van der Waals surface area contributed by atoms with Crippen molar-refractivity contribution in [1.29, 1.82) is 0 Å². The first-order valence-corrected chi connectivity index (χ1v) is 11.3. The maximum absolute atomic E-state index is 13.2. The van der Waals surface area contributed by atoms with Gasteiger partial charge in [-0.2, -0.15) is 4.98 Å². The van der Waals surface area contributed by atoms with Crippen LogP contribution in [0.25, 0.3) is 16.9 Å². The Labute approximate surface area is 195 Å². The summed E-state index contributed by atoms with van der Waals surface area (Å²) in [6, 6.07) is 9.23. The smallest absolute Gasteiger partial charge is 0.264 e. The predicted molar refractivity (Wildman–Crippen MR) is 127 cm³/mol. The molecule has 0 saturated carbocycles. The fraction of sp³-hybridized carbons (Fsp3) is 0.292. The Balaban J connectivity index is 1.69. The van der Waals surface area contributed by atoms with Crippen molar-refractivity contribution >= 4 is 11.3 Å². The summed E-state index contributed by atoms with van der Waals surface area (Å²) in [7, 11) is 0. The molecule has 0 radical (unpaired) electrons. The van der Waals surface area contributed by atoms with Crippen LogP contribution in [0, 0.1) is 20.8 Å². The monoisotopic (exact) mass is 463 g/mol. The van der Waals surface area contributed by atoms with Crippen LogP contribution in [0.5, 0.6) is 5.88 Å². The van der Waals surface area contributed by atoms with E-state index in [0.29, 0.717) is 34.5 Å². The first-order valence-electron chi connectivity index (χ1n) is 10.4. The topological polar surface area (TPSA) is 103 Å². The maximum atomic E-state index is 13.2. The first kappa shape index (κ1) is 22.8. The molecule has 4 aromatic rings. The van der Waals surface area contributed by atoms with Crippen molar-refractivity contribution in [2.24, 2.45) is 0 Å². The van der Waals surface area contributed by atoms with Gasteiger partial charge in [0.25, 0.3) is 5.56 Å². The molecule has 3 heterocycles. The number of thiazole rings is 1. The quantitative estimate of drug-likeness (QED) is 0.463. The normalized spacial score (nSPS) is 11.6. The van der Waals surface area contributed by atoms with Gasteiger partial charge in [-0.3, -0.25) is 9.36 Å². The Kier molecular flexibility index (Phi) is 6.09. The molecular weight excluding hydrogens is 438 g/mol. The van der Waals surface area contributed by atoms with Crippen LogP contribution in [0.2, 0.25) is 0 Å². The van der Waals surface area contributed by atoms with Gasteiger partial charge in [0.1, 0.15) is 18.0 Å². The van der Waals surface area contributed by atoms with E-state index in [1.807, 2.05) is 36.6 Å². The number of aliphatic hydroxyl groups is 1. The minimum absolute atomic E-state index is 0.205. The van der Waals surface area contributed by atoms with E-state index in [-0.39, 0.29) is 12.2 Å². The van der Waals surface area contributed by atoms with E-state index in [4.69, 9.17) is 4.74 Å². The highest BCUT2D eigenvalue weighted by Gasteiger charge is 2.20. The Morgan fingerprint density at radius 1 is 1.12 bits per heavy atom. The van der Waals surface area contributed by atoms with E-state index in [2.05, 4.69) is 19.9 Å². The molecule has 8 nitrogen and oxygen atoms in total. The van der Waals surface area contributed by atoms with Crippen LogP contribution in [-0.4, -0.2) is 29.6 Å². The molecule has 0 saturated heterocycles. The van der Waals surface area contributed by atoms with Crippen molar-refractivity contribution < 1.29 is 9.84 Å². The van der Waals surface area contributed by atoms with Gasteiger partial charge in [0.15, 0.2) is 5.82 Å². The second-order valence-electron chi connectivity index (χ2n) is 8.25. The Morgan fingerprint density at radius 3 is 2.61 bits per heavy atom. The highest BCUT2D eigenvalue weighted by molar-refractivity contribution is 7.09. The third-order valence-electron chi connectivity index (χ3n) is 5.06. The summed E-state index contributed by atoms with van der Waals surface area (Å²) in [5.74, 6) is 1.14. The second kappa shape index (κ2) is 8.84. The molecular formula is C24H25N5O3S. The Bertz CT molecular complexity index is 1370. The van der Waals surface area contributed by atoms with Crippen LogP contribution in [-0.2, 0) is 12.2 Å². The van der Waals surface area contributed by atoms with Gasteiger partial charge in [-0.05, 0) is 52.8 Å². The van der Waals surface area contributed by atoms with E-state index < -0.39 is 5.60 Å². The molecule has 0 atom stereocenters. The zero-order chi connectivity index (χ0) is 23.8. The SMILES string of the molecule is Cc1nc(COc2nc(C)n(-c3cccc(-c4ccnc(C(C)(C)O)n4)c3)c(=O)c2C)cs1. The molecule has 0 aliphatic rings. The molecule has 3 aromatic heterocycles. The number of ether oxygens (including phenoxy) is 1. The van der Waals surface area contributed by atoms with Crippen LogP contribution < -0.4 is 10.3 Å². The average molecular weight is 464 g/mol. The minimum atomic E-state index is -1.16. The van der Waals surface area contributed by atoms with Crippen molar-refractivity contribution in [2.45, 2.75) is 46.8 Å². The van der Waals surface area contributed by atoms with Gasteiger partial charge in [-0.15, -0.1) is 11.3 Å². The second-order valence-corrected chi connectivity index (χ2v) is 9.31. The van der Waals surface area contributed by atoms with Crippen LogP contribution in [0.15, 0.2) is 46.7 Å². The maximum Gasteiger partial charge on any atom is 0.264 e. The largest absolute Gasteiger partial charge is 0.471 e. The van der Waals surface area contributed by atoms with Crippen molar-refractivity contribution in [3.63, 3.8) is 0 Å². The molecule has 170 valence electrons. The summed E-state index contributed by atoms with van der Waals surface area (Å²) in [4.78, 5) is 30.8. The van der Waals surface area contributed by atoms with E-state index in [1.54, 1.807) is 55.9 Å². The highest BCUT2D eigenvalue weighted by atomic mass is 32.1. The number of benzene rings is 1. The fourth-order valence-electron chi connectivity index (χ4n) is 3.37. The molecule has 0 spiro atoms. The molecule has 0 aliphatic carbocycles. The number of hydrogen-bond donors (Lipinski definition) is 1. The molecule has 9 heteroatoms. The van der Waals surface area contributed by atoms with Gasteiger partial charge < -0.3 is 9.84 Å². The zero-order valence-corrected chi connectivity index (χ0v) is 20.0. The van der Waals surface area contributed by atoms with E-state index in [9.17, 15) is 9.90 Å². The van der Waals surface area contributed by atoms with Gasteiger partial charge in [-0.25, -0.2) is 15.0 Å². The molecule has 0 amide bonds. The molecule has 33 heavy (non-hydrogen) atoms. The zero-order valence-electron chi connectivity index (χ0n) is 19.2. The number of rotatable bonds is 6. The summed E-state index contributed by atoms with van der Waals surface area (Å²) >= 11 is 1.55. The summed E-state index contributed by atoms with van der Waals surface area (Å²) in [5, 5.41) is 13.1. The summed E-state index contributed by atoms with van der Waals surface area (Å²) in [6.07, 6.45) is 1.61. The average Bonchev–Trinajstić information content (AvgIpc) is 3.20. The molecule has 1 N–H and O–H groups in total. The lowest BCUT2D eigenvalue weighted by Gasteiger charge is -2.16. The standard InChI is InChI=1S/C24H25N5O3S/c1-14-21(32-12-18-13-33-16(3)27-18)26-15(2)29(22(14)30)19-8-6-7-17(11-19)20-9-10-25-23(28-20)24(4,5)31/h6-11,13,31H,12H2,1-5H3. The van der Waals surface area contributed by atoms with E-state index in [1.165, 1.54) is 0 Å². The third-order valence-corrected chi connectivity index (χ3v) is 5.88. The van der Waals surface area contributed by atoms with Crippen LogP contribution in [0.4, 0.5) is 0 Å². The molecule has 0 aliphatic heterocycles. The number of hydrogen-bond acceptors (Lipinski definition) is 8. The van der Waals surface area contributed by atoms with Gasteiger partial charge in [-0.1, -0.05) is 12.1 Å². The van der Waals surface area contributed by atoms with Gasteiger partial charge in [0, 0.05) is 17.1 Å². The van der Waals surface area contributed by atoms with E-state index >= 15 is 0 Å². The van der Waals surface area contributed by atoms with Gasteiger partial charge in [0.05, 0.1) is 27.6 Å². The number of aryl methyl sites for hydroxylation is 2. The van der Waals surface area contributed by atoms with Crippen molar-refractivity contribution in [3.05, 3.63) is 80.2 Å². The summed E-state index contributed by atoms with van der Waals surface area (Å²) in [6.45, 7) is 8.94. The lowest BCUT2D eigenvalue weighted by molar-refractivity contribution is 0.0688. The van der Waals surface area contributed by atoms with Crippen molar-refractivity contribution in [1.82, 2.24) is 24.5 Å². The summed E-state index contributed by atoms with van der Waals surface area (Å²) < 4.78 is 7.36. The highest BCUT2D eigenvalue weighted by Crippen LogP contribution is 2.24. The summed E-state index contributed by atoms with van der Waals surface area (Å²) in [5.41, 5.74) is 1.98. The van der Waals surface area contributed by atoms with Gasteiger partial charge >= 0.3 is 0 Å². The first-order chi connectivity index (χ1) is 15.6. The van der Waals surface area contributed by atoms with Crippen molar-refractivity contribution in [3.8, 4) is 22.8 Å².